The molecule has 1 fully saturated rings. The van der Waals surface area contributed by atoms with Crippen molar-refractivity contribution in [1.82, 2.24) is 4.90 Å². The number of carbonyl (C=O) groups is 1. The highest BCUT2D eigenvalue weighted by molar-refractivity contribution is 7.87. The molecule has 0 bridgehead atoms. The summed E-state index contributed by atoms with van der Waals surface area (Å²) in [5.41, 5.74) is 0.690. The molecule has 1 N–H and O–H groups in total. The molecule has 0 spiro atoms. The van der Waals surface area contributed by atoms with Crippen LogP contribution < -0.4 is 0 Å². The number of nitrogens with zero attached hydrogens (tertiary/aromatic N) is 1. The Morgan fingerprint density at radius 1 is 1.37 bits per heavy atom. The molecular formula is C12H14FNO4S. The first-order chi connectivity index (χ1) is 8.93. The maximum atomic E-state index is 12.9. The second kappa shape index (κ2) is 5.26. The molecule has 2 atom stereocenters. The molecule has 0 radical (unpaired) electrons. The van der Waals surface area contributed by atoms with Crippen LogP contribution in [-0.4, -0.2) is 42.7 Å². The minimum atomic E-state index is -4.74. The summed E-state index contributed by atoms with van der Waals surface area (Å²) in [6.45, 7) is -0.563. The van der Waals surface area contributed by atoms with Crippen LogP contribution in [-0.2, 0) is 15.0 Å². The van der Waals surface area contributed by atoms with Crippen LogP contribution in [0.5, 0.6) is 0 Å². The fourth-order valence-electron chi connectivity index (χ4n) is 2.25. The topological polar surface area (TPSA) is 74.7 Å². The van der Waals surface area contributed by atoms with E-state index >= 15 is 0 Å². The molecular weight excluding hydrogens is 273 g/mol. The lowest BCUT2D eigenvalue weighted by Gasteiger charge is -2.26. The number of aliphatic hydroxyl groups excluding tert-OH is 1. The summed E-state index contributed by atoms with van der Waals surface area (Å²) in [7, 11) is -4.74. The number of benzene rings is 1. The second-order valence-electron chi connectivity index (χ2n) is 4.46. The van der Waals surface area contributed by atoms with Gasteiger partial charge in [0.15, 0.2) is 0 Å². The van der Waals surface area contributed by atoms with Crippen LogP contribution in [0, 0.1) is 0 Å². The highest BCUT2D eigenvalue weighted by Crippen LogP contribution is 2.28. The van der Waals surface area contributed by atoms with Gasteiger partial charge in [0, 0.05) is 13.0 Å². The molecule has 7 heteroatoms. The first-order valence-corrected chi connectivity index (χ1v) is 7.27. The summed E-state index contributed by atoms with van der Waals surface area (Å²) in [6, 6.07) is 8.11. The van der Waals surface area contributed by atoms with Gasteiger partial charge in [-0.1, -0.05) is 30.3 Å². The maximum Gasteiger partial charge on any atom is 0.307 e. The Kier molecular flexibility index (Phi) is 3.86. The largest absolute Gasteiger partial charge is 0.394 e. The third-order valence-electron chi connectivity index (χ3n) is 3.25. The van der Waals surface area contributed by atoms with E-state index in [0.717, 1.165) is 0 Å². The number of aliphatic hydroxyl groups is 1. The predicted molar refractivity (Wildman–Crippen MR) is 66.4 cm³/mol. The van der Waals surface area contributed by atoms with Crippen LogP contribution in [0.3, 0.4) is 0 Å². The van der Waals surface area contributed by atoms with Gasteiger partial charge in [0.2, 0.25) is 5.91 Å². The molecule has 1 heterocycles. The van der Waals surface area contributed by atoms with Gasteiger partial charge in [-0.2, -0.15) is 8.42 Å². The van der Waals surface area contributed by atoms with Gasteiger partial charge >= 0.3 is 10.2 Å². The zero-order chi connectivity index (χ0) is 14.0. The lowest BCUT2D eigenvalue weighted by Crippen LogP contribution is -2.33. The molecule has 0 aliphatic carbocycles. The SMILES string of the molecule is O=C1CC(S(=O)(=O)F)CN1C(CO)c1ccccc1. The molecule has 0 saturated carbocycles. The Balaban J connectivity index is 2.24. The van der Waals surface area contributed by atoms with Crippen LogP contribution in [0.4, 0.5) is 3.89 Å². The maximum absolute atomic E-state index is 12.9. The molecule has 1 aliphatic heterocycles. The zero-order valence-corrected chi connectivity index (χ0v) is 10.9. The van der Waals surface area contributed by atoms with Gasteiger partial charge in [-0.15, -0.1) is 3.89 Å². The minimum Gasteiger partial charge on any atom is -0.394 e. The van der Waals surface area contributed by atoms with Crippen LogP contribution in [0.2, 0.25) is 0 Å². The summed E-state index contributed by atoms with van der Waals surface area (Å²) >= 11 is 0. The van der Waals surface area contributed by atoms with Crippen molar-refractivity contribution < 1.29 is 22.2 Å². The number of amides is 1. The third kappa shape index (κ3) is 2.93. The number of hydrogen-bond acceptors (Lipinski definition) is 4. The van der Waals surface area contributed by atoms with Gasteiger partial charge in [0.1, 0.15) is 5.25 Å². The van der Waals surface area contributed by atoms with Crippen LogP contribution in [0.25, 0.3) is 0 Å². The molecule has 1 saturated heterocycles. The summed E-state index contributed by atoms with van der Waals surface area (Å²) in [5, 5.41) is 8.07. The Bertz CT molecular complexity index is 560. The van der Waals surface area contributed by atoms with Crippen molar-refractivity contribution in [3.05, 3.63) is 35.9 Å². The number of halogens is 1. The van der Waals surface area contributed by atoms with Crippen molar-refractivity contribution in [2.24, 2.45) is 0 Å². The highest BCUT2D eigenvalue weighted by atomic mass is 32.3. The van der Waals surface area contributed by atoms with Gasteiger partial charge in [0.05, 0.1) is 12.6 Å². The summed E-state index contributed by atoms with van der Waals surface area (Å²) in [4.78, 5) is 13.0. The molecule has 0 aromatic heterocycles. The van der Waals surface area contributed by atoms with Gasteiger partial charge in [-0.3, -0.25) is 4.79 Å². The molecule has 1 amide bonds. The zero-order valence-electron chi connectivity index (χ0n) is 10.1. The van der Waals surface area contributed by atoms with Gasteiger partial charge in [-0.25, -0.2) is 0 Å². The minimum absolute atomic E-state index is 0.224. The number of hydrogen-bond donors (Lipinski definition) is 1. The normalized spacial score (nSPS) is 21.7. The average molecular weight is 287 g/mol. The van der Waals surface area contributed by atoms with Crippen molar-refractivity contribution in [2.75, 3.05) is 13.2 Å². The first-order valence-electron chi connectivity index (χ1n) is 5.82. The van der Waals surface area contributed by atoms with Crippen molar-refractivity contribution >= 4 is 16.1 Å². The van der Waals surface area contributed by atoms with Crippen LogP contribution >= 0.6 is 0 Å². The van der Waals surface area contributed by atoms with E-state index in [9.17, 15) is 22.2 Å². The van der Waals surface area contributed by atoms with E-state index in [0.29, 0.717) is 5.56 Å². The lowest BCUT2D eigenvalue weighted by molar-refractivity contribution is -0.130. The average Bonchev–Trinajstić information content (AvgIpc) is 2.74. The fraction of sp³-hybridized carbons (Fsp3) is 0.417. The number of carbonyl (C=O) groups excluding carboxylic acids is 1. The summed E-state index contributed by atoms with van der Waals surface area (Å²) < 4.78 is 34.7. The van der Waals surface area contributed by atoms with E-state index in [1.807, 2.05) is 0 Å². The Morgan fingerprint density at radius 3 is 2.47 bits per heavy atom. The van der Waals surface area contributed by atoms with Gasteiger partial charge < -0.3 is 10.0 Å². The molecule has 2 unspecified atom stereocenters. The summed E-state index contributed by atoms with van der Waals surface area (Å²) in [6.07, 6.45) is -0.373. The van der Waals surface area contributed by atoms with E-state index in [-0.39, 0.29) is 19.6 Å². The molecule has 5 nitrogen and oxygen atoms in total. The molecule has 1 aromatic rings. The Morgan fingerprint density at radius 2 is 2.00 bits per heavy atom. The van der Waals surface area contributed by atoms with Crippen molar-refractivity contribution in [3.8, 4) is 0 Å². The lowest BCUT2D eigenvalue weighted by atomic mass is 10.1. The quantitative estimate of drug-likeness (QED) is 0.824. The van der Waals surface area contributed by atoms with Crippen molar-refractivity contribution in [1.29, 1.82) is 0 Å². The van der Waals surface area contributed by atoms with E-state index in [1.165, 1.54) is 4.90 Å². The molecule has 104 valence electrons. The fourth-order valence-corrected chi connectivity index (χ4v) is 2.93. The van der Waals surface area contributed by atoms with Gasteiger partial charge in [0.25, 0.3) is 0 Å². The summed E-state index contributed by atoms with van der Waals surface area (Å²) in [5.74, 6) is -0.464. The standard InChI is InChI=1S/C12H14FNO4S/c13-19(17,18)10-6-12(16)14(7-10)11(8-15)9-4-2-1-3-5-9/h1-5,10-11,15H,6-8H2. The Labute approximate surface area is 110 Å². The van der Waals surface area contributed by atoms with E-state index in [2.05, 4.69) is 0 Å². The second-order valence-corrected chi connectivity index (χ2v) is 6.07. The monoisotopic (exact) mass is 287 g/mol. The van der Waals surface area contributed by atoms with Gasteiger partial charge in [-0.05, 0) is 5.56 Å². The molecule has 2 rings (SSSR count). The Hall–Kier alpha value is -1.47. The van der Waals surface area contributed by atoms with Crippen LogP contribution in [0.15, 0.2) is 30.3 Å². The van der Waals surface area contributed by atoms with E-state index in [4.69, 9.17) is 0 Å². The van der Waals surface area contributed by atoms with E-state index < -0.39 is 27.4 Å². The predicted octanol–water partition coefficient (Wildman–Crippen LogP) is 0.620. The van der Waals surface area contributed by atoms with Crippen LogP contribution in [0.1, 0.15) is 18.0 Å². The third-order valence-corrected chi connectivity index (χ3v) is 4.37. The molecule has 1 aromatic carbocycles. The van der Waals surface area contributed by atoms with E-state index in [1.54, 1.807) is 30.3 Å². The van der Waals surface area contributed by atoms with Crippen molar-refractivity contribution in [3.63, 3.8) is 0 Å². The number of likely N-dealkylation sites (tertiary alicyclic amines) is 1. The van der Waals surface area contributed by atoms with Crippen molar-refractivity contribution in [2.45, 2.75) is 17.7 Å². The smallest absolute Gasteiger partial charge is 0.307 e. The highest BCUT2D eigenvalue weighted by Gasteiger charge is 2.41. The first kappa shape index (κ1) is 14.0. The number of rotatable bonds is 4. The molecule has 19 heavy (non-hydrogen) atoms. The molecule has 1 aliphatic rings.